The highest BCUT2D eigenvalue weighted by atomic mass is 16.5. The van der Waals surface area contributed by atoms with Crippen molar-refractivity contribution in [2.45, 2.75) is 51.0 Å². The first kappa shape index (κ1) is 13.8. The van der Waals surface area contributed by atoms with Gasteiger partial charge in [-0.15, -0.1) is 0 Å². The summed E-state index contributed by atoms with van der Waals surface area (Å²) in [5.74, 6) is -0.178. The molecule has 0 aromatic carbocycles. The van der Waals surface area contributed by atoms with Gasteiger partial charge in [0.2, 0.25) is 0 Å². The fourth-order valence-corrected chi connectivity index (χ4v) is 2.85. The van der Waals surface area contributed by atoms with Crippen LogP contribution >= 0.6 is 0 Å². The normalized spacial score (nSPS) is 29.6. The van der Waals surface area contributed by atoms with Crippen molar-refractivity contribution in [2.75, 3.05) is 26.7 Å². The molecule has 1 N–H and O–H groups in total. The summed E-state index contributed by atoms with van der Waals surface area (Å²) in [6, 6.07) is 0.0272. The molecule has 3 atom stereocenters. The van der Waals surface area contributed by atoms with Crippen molar-refractivity contribution in [2.24, 2.45) is 0 Å². The summed E-state index contributed by atoms with van der Waals surface area (Å²) in [6.45, 7) is 6.66. The molecule has 2 fully saturated rings. The van der Waals surface area contributed by atoms with E-state index in [9.17, 15) is 4.79 Å². The van der Waals surface area contributed by atoms with Crippen molar-refractivity contribution >= 4 is 5.97 Å². The summed E-state index contributed by atoms with van der Waals surface area (Å²) in [7, 11) is 1.44. The standard InChI is InChI=1S/C13H24N2O3/c1-9(2)14-12(13(16)17-3)8-15-6-10-4-5-11(7-15)18-10/h9-12,14H,4-8H2,1-3H3. The molecule has 2 heterocycles. The van der Waals surface area contributed by atoms with Crippen LogP contribution in [0.4, 0.5) is 0 Å². The number of morpholine rings is 1. The zero-order valence-corrected chi connectivity index (χ0v) is 11.5. The average molecular weight is 256 g/mol. The van der Waals surface area contributed by atoms with Crippen LogP contribution in [0.1, 0.15) is 26.7 Å². The molecule has 0 spiro atoms. The third-order valence-electron chi connectivity index (χ3n) is 3.58. The van der Waals surface area contributed by atoms with Crippen LogP contribution in [0.15, 0.2) is 0 Å². The van der Waals surface area contributed by atoms with E-state index in [0.717, 1.165) is 25.9 Å². The van der Waals surface area contributed by atoms with E-state index in [-0.39, 0.29) is 18.1 Å². The van der Waals surface area contributed by atoms with Gasteiger partial charge in [-0.25, -0.2) is 0 Å². The third kappa shape index (κ3) is 3.43. The Labute approximate surface area is 109 Å². The summed E-state index contributed by atoms with van der Waals surface area (Å²) < 4.78 is 10.7. The van der Waals surface area contributed by atoms with Gasteiger partial charge in [-0.2, -0.15) is 0 Å². The average Bonchev–Trinajstić information content (AvgIpc) is 2.66. The van der Waals surface area contributed by atoms with Crippen LogP contribution in [-0.2, 0) is 14.3 Å². The number of hydrogen-bond acceptors (Lipinski definition) is 5. The lowest BCUT2D eigenvalue weighted by atomic mass is 10.2. The van der Waals surface area contributed by atoms with Crippen molar-refractivity contribution in [1.29, 1.82) is 0 Å². The van der Waals surface area contributed by atoms with E-state index < -0.39 is 0 Å². The Balaban J connectivity index is 1.89. The highest BCUT2D eigenvalue weighted by molar-refractivity contribution is 5.76. The maximum Gasteiger partial charge on any atom is 0.324 e. The Kier molecular flexibility index (Phi) is 4.59. The second-order valence-corrected chi connectivity index (χ2v) is 5.57. The first-order valence-electron chi connectivity index (χ1n) is 6.80. The minimum atomic E-state index is -0.243. The van der Waals surface area contributed by atoms with E-state index in [0.29, 0.717) is 18.8 Å². The molecular formula is C13H24N2O3. The fraction of sp³-hybridized carbons (Fsp3) is 0.923. The maximum absolute atomic E-state index is 11.8. The van der Waals surface area contributed by atoms with Crippen molar-refractivity contribution in [3.63, 3.8) is 0 Å². The number of methoxy groups -OCH3 is 1. The number of nitrogens with zero attached hydrogens (tertiary/aromatic N) is 1. The minimum Gasteiger partial charge on any atom is -0.468 e. The lowest BCUT2D eigenvalue weighted by Crippen LogP contribution is -2.53. The van der Waals surface area contributed by atoms with Crippen LogP contribution in [0.5, 0.6) is 0 Å². The zero-order valence-electron chi connectivity index (χ0n) is 11.5. The Hall–Kier alpha value is -0.650. The lowest BCUT2D eigenvalue weighted by Gasteiger charge is -2.34. The SMILES string of the molecule is COC(=O)C(CN1CC2CCC(C1)O2)NC(C)C. The Morgan fingerprint density at radius 2 is 2.00 bits per heavy atom. The highest BCUT2D eigenvalue weighted by Crippen LogP contribution is 2.26. The largest absolute Gasteiger partial charge is 0.468 e. The van der Waals surface area contributed by atoms with Gasteiger partial charge in [0.15, 0.2) is 0 Å². The summed E-state index contributed by atoms with van der Waals surface area (Å²) in [5, 5.41) is 3.27. The van der Waals surface area contributed by atoms with Crippen molar-refractivity contribution in [3.8, 4) is 0 Å². The van der Waals surface area contributed by atoms with Gasteiger partial charge in [0.1, 0.15) is 6.04 Å². The predicted octanol–water partition coefficient (Wildman–Crippen LogP) is 0.389. The Morgan fingerprint density at radius 3 is 2.50 bits per heavy atom. The fourth-order valence-electron chi connectivity index (χ4n) is 2.85. The highest BCUT2D eigenvalue weighted by Gasteiger charge is 2.35. The van der Waals surface area contributed by atoms with E-state index >= 15 is 0 Å². The second kappa shape index (κ2) is 5.99. The molecule has 2 rings (SSSR count). The molecule has 2 aliphatic heterocycles. The number of carbonyl (C=O) groups excluding carboxylic acids is 1. The summed E-state index contributed by atoms with van der Waals surface area (Å²) in [5.41, 5.74) is 0. The van der Waals surface area contributed by atoms with Gasteiger partial charge in [-0.05, 0) is 12.8 Å². The molecule has 3 unspecified atom stereocenters. The molecule has 0 radical (unpaired) electrons. The van der Waals surface area contributed by atoms with E-state index in [1.54, 1.807) is 0 Å². The quantitative estimate of drug-likeness (QED) is 0.721. The van der Waals surface area contributed by atoms with Crippen LogP contribution in [0.25, 0.3) is 0 Å². The first-order valence-corrected chi connectivity index (χ1v) is 6.80. The van der Waals surface area contributed by atoms with Crippen LogP contribution in [0, 0.1) is 0 Å². The molecule has 0 aromatic heterocycles. The summed E-state index contributed by atoms with van der Waals surface area (Å²) in [6.07, 6.45) is 3.03. The minimum absolute atomic E-state index is 0.178. The predicted molar refractivity (Wildman–Crippen MR) is 68.4 cm³/mol. The maximum atomic E-state index is 11.8. The topological polar surface area (TPSA) is 50.8 Å². The van der Waals surface area contributed by atoms with Gasteiger partial charge in [0, 0.05) is 25.7 Å². The molecule has 5 heteroatoms. The van der Waals surface area contributed by atoms with E-state index in [4.69, 9.17) is 9.47 Å². The third-order valence-corrected chi connectivity index (χ3v) is 3.58. The summed E-state index contributed by atoms with van der Waals surface area (Å²) >= 11 is 0. The van der Waals surface area contributed by atoms with Gasteiger partial charge in [0.05, 0.1) is 19.3 Å². The molecule has 104 valence electrons. The van der Waals surface area contributed by atoms with Crippen LogP contribution in [0.3, 0.4) is 0 Å². The second-order valence-electron chi connectivity index (χ2n) is 5.57. The number of ether oxygens (including phenoxy) is 2. The molecular weight excluding hydrogens is 232 g/mol. The molecule has 18 heavy (non-hydrogen) atoms. The number of likely N-dealkylation sites (tertiary alicyclic amines) is 1. The zero-order chi connectivity index (χ0) is 13.1. The monoisotopic (exact) mass is 256 g/mol. The van der Waals surface area contributed by atoms with Crippen LogP contribution in [0.2, 0.25) is 0 Å². The number of nitrogens with one attached hydrogen (secondary N) is 1. The smallest absolute Gasteiger partial charge is 0.324 e. The molecule has 0 saturated carbocycles. The van der Waals surface area contributed by atoms with Gasteiger partial charge in [0.25, 0.3) is 0 Å². The van der Waals surface area contributed by atoms with E-state index in [1.807, 2.05) is 13.8 Å². The van der Waals surface area contributed by atoms with E-state index in [1.165, 1.54) is 7.11 Å². The molecule has 0 amide bonds. The lowest BCUT2D eigenvalue weighted by molar-refractivity contribution is -0.144. The van der Waals surface area contributed by atoms with Crippen molar-refractivity contribution in [1.82, 2.24) is 10.2 Å². The van der Waals surface area contributed by atoms with Crippen molar-refractivity contribution < 1.29 is 14.3 Å². The molecule has 2 bridgehead atoms. The summed E-state index contributed by atoms with van der Waals surface area (Å²) in [4.78, 5) is 14.1. The molecule has 0 aromatic rings. The van der Waals surface area contributed by atoms with Crippen LogP contribution in [-0.4, -0.2) is 61.9 Å². The van der Waals surface area contributed by atoms with Gasteiger partial charge >= 0.3 is 5.97 Å². The van der Waals surface area contributed by atoms with E-state index in [2.05, 4.69) is 10.2 Å². The van der Waals surface area contributed by atoms with Gasteiger partial charge in [-0.3, -0.25) is 9.69 Å². The molecule has 2 aliphatic rings. The first-order chi connectivity index (χ1) is 8.58. The van der Waals surface area contributed by atoms with Crippen LogP contribution < -0.4 is 5.32 Å². The Bertz CT molecular complexity index is 284. The molecule has 0 aliphatic carbocycles. The van der Waals surface area contributed by atoms with Crippen molar-refractivity contribution in [3.05, 3.63) is 0 Å². The van der Waals surface area contributed by atoms with Gasteiger partial charge < -0.3 is 14.8 Å². The number of fused-ring (bicyclic) bond motifs is 2. The number of carbonyl (C=O) groups is 1. The molecule has 5 nitrogen and oxygen atoms in total. The number of rotatable bonds is 5. The molecule has 2 saturated heterocycles. The van der Waals surface area contributed by atoms with Gasteiger partial charge in [-0.1, -0.05) is 13.8 Å². The Morgan fingerprint density at radius 1 is 1.39 bits per heavy atom. The number of esters is 1. The number of hydrogen-bond donors (Lipinski definition) is 1.